The number of ether oxygens (including phenoxy) is 5. The third-order valence-corrected chi connectivity index (χ3v) is 17.1. The lowest BCUT2D eigenvalue weighted by atomic mass is 9.78. The molecule has 76 heavy (non-hydrogen) atoms. The summed E-state index contributed by atoms with van der Waals surface area (Å²) >= 11 is 0. The molecular weight excluding hydrogens is 977 g/mol. The van der Waals surface area contributed by atoms with Gasteiger partial charge in [0.2, 0.25) is 5.79 Å². The number of carbonyl (C=O) groups is 5. The average Bonchev–Trinajstić information content (AvgIpc) is 3.77. The Morgan fingerprint density at radius 1 is 0.829 bits per heavy atom. The zero-order valence-electron chi connectivity index (χ0n) is 46.0. The number of para-hydroxylation sites is 1. The van der Waals surface area contributed by atoms with Crippen LogP contribution in [0.15, 0.2) is 75.9 Å². The average molecular weight is 1060 g/mol. The number of aliphatic hydroxyl groups excluding tert-OH is 1. The molecule has 1 aromatic heterocycles. The Hall–Kier alpha value is -5.11. The molecule has 5 aliphatic rings. The van der Waals surface area contributed by atoms with Crippen molar-refractivity contribution >= 4 is 29.2 Å². The number of rotatable bonds is 7. The Morgan fingerprint density at radius 2 is 1.57 bits per heavy atom. The maximum absolute atomic E-state index is 14.8. The minimum Gasteiger partial charge on any atom is -0.460 e. The normalized spacial score (nSPS) is 36.4. The quantitative estimate of drug-likeness (QED) is 0.182. The molecule has 18 heteroatoms. The summed E-state index contributed by atoms with van der Waals surface area (Å²) in [5.41, 5.74) is -1.42. The molecule has 7 rings (SSSR count). The second-order valence-electron chi connectivity index (χ2n) is 22.7. The highest BCUT2D eigenvalue weighted by Crippen LogP contribution is 2.40. The van der Waals surface area contributed by atoms with Crippen molar-refractivity contribution in [3.8, 4) is 5.69 Å². The number of piperidine rings is 1. The number of carbonyl (C=O) groups excluding carboxylic acids is 5. The van der Waals surface area contributed by atoms with Crippen molar-refractivity contribution in [1.29, 1.82) is 0 Å². The van der Waals surface area contributed by atoms with Gasteiger partial charge in [0.1, 0.15) is 29.6 Å². The number of amides is 1. The molecule has 2 saturated heterocycles. The Balaban J connectivity index is 1.24. The van der Waals surface area contributed by atoms with Crippen LogP contribution in [0.3, 0.4) is 0 Å². The summed E-state index contributed by atoms with van der Waals surface area (Å²) in [6.45, 7) is 11.0. The van der Waals surface area contributed by atoms with Gasteiger partial charge in [0, 0.05) is 65.4 Å². The smallest absolute Gasteiger partial charge is 0.352 e. The Bertz CT molecular complexity index is 2620. The van der Waals surface area contributed by atoms with Gasteiger partial charge in [-0.25, -0.2) is 28.3 Å². The molecule has 1 aliphatic carbocycles. The van der Waals surface area contributed by atoms with Crippen molar-refractivity contribution < 1.29 is 57.9 Å². The van der Waals surface area contributed by atoms with Gasteiger partial charge in [-0.1, -0.05) is 81.8 Å². The third-order valence-electron chi connectivity index (χ3n) is 17.1. The summed E-state index contributed by atoms with van der Waals surface area (Å²) in [6, 6.07) is 6.68. The zero-order valence-corrected chi connectivity index (χ0v) is 46.0. The summed E-state index contributed by atoms with van der Waals surface area (Å²) in [7, 11) is 4.52. The number of cyclic esters (lactones) is 1. The first-order valence-electron chi connectivity index (χ1n) is 27.5. The van der Waals surface area contributed by atoms with Gasteiger partial charge in [0.15, 0.2) is 5.78 Å². The van der Waals surface area contributed by atoms with E-state index >= 15 is 0 Å². The molecule has 4 aliphatic heterocycles. The monoisotopic (exact) mass is 1060 g/mol. The molecule has 418 valence electrons. The van der Waals surface area contributed by atoms with Crippen LogP contribution in [0.4, 0.5) is 0 Å². The van der Waals surface area contributed by atoms with Gasteiger partial charge >= 0.3 is 17.3 Å². The molecule has 18 nitrogen and oxygen atoms in total. The molecule has 2 aromatic rings. The number of aliphatic hydroxyl groups is 2. The largest absolute Gasteiger partial charge is 0.460 e. The minimum atomic E-state index is -2.59. The summed E-state index contributed by atoms with van der Waals surface area (Å²) < 4.78 is 34.0. The van der Waals surface area contributed by atoms with E-state index in [9.17, 15) is 43.8 Å². The molecule has 3 fully saturated rings. The number of benzene rings is 1. The van der Waals surface area contributed by atoms with Crippen LogP contribution in [0.2, 0.25) is 0 Å². The van der Waals surface area contributed by atoms with E-state index in [4.69, 9.17) is 23.7 Å². The van der Waals surface area contributed by atoms with E-state index in [-0.39, 0.29) is 80.5 Å². The summed E-state index contributed by atoms with van der Waals surface area (Å²) in [5, 5.41) is 22.8. The standard InChI is InChI=1S/C58H82N4O14/c1-35-18-22-42-26-27-57(6,62-56(70)60(55(69)61(42)62)41-15-11-10-12-16-41)50(74-9)34-44-24-20-39(5)58(71,76-44)52(66)53(67)59-28-14-13-17-45(59)54(68)75-47(37(3)31-40-21-25-46(64)48(32-40)72-7)33-43(63)23-19-36(2)30-49(73-8)51(65)38(4)29-35/h10-12,15-16,18-19,22,26-27,35,37-40,42,44-50,64,71H,13-14,17,20-21,23-25,28-34H2,1-9H3/b22-18+,36-19+/t35-,37?,38-,39?,40?,42?,44?,45+,46-,47+,48?,49?,50+,57?,58?/m1/s1. The molecule has 5 heterocycles. The van der Waals surface area contributed by atoms with Gasteiger partial charge in [-0.3, -0.25) is 19.2 Å². The summed E-state index contributed by atoms with van der Waals surface area (Å²) in [5.74, 6) is -7.59. The van der Waals surface area contributed by atoms with E-state index < -0.39 is 94.8 Å². The van der Waals surface area contributed by atoms with Gasteiger partial charge in [-0.2, -0.15) is 0 Å². The molecule has 1 amide bonds. The third kappa shape index (κ3) is 12.6. The number of Topliss-reactive ketones (excluding diaryl/α,β-unsaturated/α-hetero) is 3. The van der Waals surface area contributed by atoms with Crippen molar-refractivity contribution in [2.45, 2.75) is 191 Å². The van der Waals surface area contributed by atoms with Crippen LogP contribution in [0.1, 0.15) is 137 Å². The first kappa shape index (κ1) is 58.6. The number of hydrogen-bond acceptors (Lipinski definition) is 14. The topological polar surface area (TPSA) is 224 Å². The van der Waals surface area contributed by atoms with Crippen LogP contribution in [-0.2, 0) is 53.2 Å². The molecule has 4 bridgehead atoms. The van der Waals surface area contributed by atoms with Crippen molar-refractivity contribution in [3.05, 3.63) is 87.3 Å². The molecule has 1 saturated carbocycles. The number of fused-ring (bicyclic) bond motifs is 8. The fourth-order valence-corrected chi connectivity index (χ4v) is 12.4. The van der Waals surface area contributed by atoms with E-state index in [1.165, 1.54) is 28.5 Å². The highest BCUT2D eigenvalue weighted by Gasteiger charge is 2.54. The second-order valence-corrected chi connectivity index (χ2v) is 22.7. The van der Waals surface area contributed by atoms with Crippen LogP contribution in [0, 0.1) is 29.6 Å². The van der Waals surface area contributed by atoms with Gasteiger partial charge in [0.05, 0.1) is 36.1 Å². The maximum Gasteiger partial charge on any atom is 0.352 e. The lowest BCUT2D eigenvalue weighted by Crippen LogP contribution is -2.61. The van der Waals surface area contributed by atoms with Crippen molar-refractivity contribution in [2.24, 2.45) is 29.6 Å². The predicted molar refractivity (Wildman–Crippen MR) is 282 cm³/mol. The van der Waals surface area contributed by atoms with Crippen molar-refractivity contribution in [2.75, 3.05) is 27.9 Å². The highest BCUT2D eigenvalue weighted by atomic mass is 16.6. The van der Waals surface area contributed by atoms with Gasteiger partial charge in [0.25, 0.3) is 11.7 Å². The Labute approximate surface area is 446 Å². The molecular formula is C58H82N4O14. The molecule has 0 radical (unpaired) electrons. The van der Waals surface area contributed by atoms with Gasteiger partial charge in [-0.15, -0.1) is 0 Å². The van der Waals surface area contributed by atoms with Gasteiger partial charge < -0.3 is 38.8 Å². The van der Waals surface area contributed by atoms with Crippen LogP contribution in [0.5, 0.6) is 0 Å². The number of ketones is 3. The fourth-order valence-electron chi connectivity index (χ4n) is 12.4. The molecule has 1 aromatic carbocycles. The van der Waals surface area contributed by atoms with Crippen molar-refractivity contribution in [1.82, 2.24) is 18.8 Å². The van der Waals surface area contributed by atoms with E-state index in [2.05, 4.69) is 0 Å². The number of hydrogen-bond donors (Lipinski definition) is 2. The van der Waals surface area contributed by atoms with Crippen LogP contribution < -0.4 is 11.4 Å². The summed E-state index contributed by atoms with van der Waals surface area (Å²) in [4.78, 5) is 102. The molecule has 15 atom stereocenters. The molecule has 2 N–H and O–H groups in total. The summed E-state index contributed by atoms with van der Waals surface area (Å²) in [6.07, 6.45) is 9.70. The first-order chi connectivity index (χ1) is 36.1. The highest BCUT2D eigenvalue weighted by molar-refractivity contribution is 6.39. The van der Waals surface area contributed by atoms with E-state index in [0.717, 1.165) is 16.6 Å². The van der Waals surface area contributed by atoms with E-state index in [1.807, 2.05) is 52.0 Å². The number of allylic oxidation sites excluding steroid dienone is 4. The number of methoxy groups -OCH3 is 3. The fraction of sp³-hybridized carbons (Fsp3) is 0.672. The zero-order chi connectivity index (χ0) is 55.2. The number of esters is 1. The predicted octanol–water partition coefficient (Wildman–Crippen LogP) is 6.10. The van der Waals surface area contributed by atoms with Crippen molar-refractivity contribution in [3.63, 3.8) is 0 Å². The van der Waals surface area contributed by atoms with E-state index in [1.54, 1.807) is 57.4 Å². The van der Waals surface area contributed by atoms with Crippen LogP contribution in [0.25, 0.3) is 5.69 Å². The Kier molecular flexibility index (Phi) is 19.4. The lowest BCUT2D eigenvalue weighted by molar-refractivity contribution is -0.267. The Morgan fingerprint density at radius 3 is 2.26 bits per heavy atom. The molecule has 9 unspecified atom stereocenters. The first-order valence-corrected chi connectivity index (χ1v) is 27.5. The minimum absolute atomic E-state index is 0.00182. The van der Waals surface area contributed by atoms with Gasteiger partial charge in [-0.05, 0) is 108 Å². The second kappa shape index (κ2) is 25.1. The number of nitrogens with zero attached hydrogens (tertiary/aromatic N) is 4. The molecule has 0 spiro atoms. The SMILES string of the molecule is COC1C/C(C)=C/CC(=O)C[C@@H](C(C)CC2CC[C@@H](O)C(OC)C2)OC(=O)[C@@H]2CCCCN2C(=O)C(=O)C2(O)OC(CCC2C)C[C@H](OC)C2(C)C=CC(/C=C/[C@@H](C)C[C@@H](C)C1=O)n1c(=O)n(-c3ccccc3)c(=O)n12. The van der Waals surface area contributed by atoms with Crippen LogP contribution >= 0.6 is 0 Å². The van der Waals surface area contributed by atoms with E-state index in [0.29, 0.717) is 50.6 Å². The maximum atomic E-state index is 14.8. The number of aromatic nitrogens is 3. The van der Waals surface area contributed by atoms with Crippen LogP contribution in [-0.4, -0.2) is 135 Å². The lowest BCUT2D eigenvalue weighted by Gasteiger charge is -2.45.